The molecule has 0 bridgehead atoms. The number of pyridine rings is 1. The molecular weight excluding hydrogens is 433 g/mol. The maximum Gasteiger partial charge on any atom is 0.416 e. The minimum absolute atomic E-state index is 0.150. The van der Waals surface area contributed by atoms with E-state index in [9.17, 15) is 18.0 Å². The van der Waals surface area contributed by atoms with Crippen LogP contribution in [0.1, 0.15) is 40.4 Å². The van der Waals surface area contributed by atoms with Gasteiger partial charge in [0.2, 0.25) is 0 Å². The minimum atomic E-state index is -4.37. The Kier molecular flexibility index (Phi) is 5.74. The first kappa shape index (κ1) is 21.8. The molecule has 2 aliphatic heterocycles. The van der Waals surface area contributed by atoms with Crippen LogP contribution >= 0.6 is 0 Å². The summed E-state index contributed by atoms with van der Waals surface area (Å²) >= 11 is 0. The fraction of sp³-hybridized carbons (Fsp3) is 0.417. The summed E-state index contributed by atoms with van der Waals surface area (Å²) in [5.41, 5.74) is 1.70. The van der Waals surface area contributed by atoms with Crippen molar-refractivity contribution in [3.63, 3.8) is 0 Å². The molecule has 0 aliphatic carbocycles. The Morgan fingerprint density at radius 3 is 2.48 bits per heavy atom. The molecule has 5 rings (SSSR count). The third-order valence-electron chi connectivity index (χ3n) is 6.51. The number of anilines is 1. The zero-order valence-electron chi connectivity index (χ0n) is 18.1. The number of halogens is 3. The van der Waals surface area contributed by atoms with Crippen molar-refractivity contribution in [3.05, 3.63) is 59.3 Å². The van der Waals surface area contributed by atoms with Gasteiger partial charge in [-0.1, -0.05) is 18.2 Å². The summed E-state index contributed by atoms with van der Waals surface area (Å²) in [6.45, 7) is 3.72. The highest BCUT2D eigenvalue weighted by atomic mass is 19.4. The fourth-order valence-electron chi connectivity index (χ4n) is 4.76. The number of benzene rings is 1. The second kappa shape index (κ2) is 8.70. The van der Waals surface area contributed by atoms with Crippen molar-refractivity contribution >= 4 is 22.8 Å². The smallest absolute Gasteiger partial charge is 0.378 e. The second-order valence-corrected chi connectivity index (χ2v) is 8.54. The molecule has 2 aliphatic rings. The number of piperidine rings is 1. The highest BCUT2D eigenvalue weighted by molar-refractivity contribution is 5.97. The van der Waals surface area contributed by atoms with Gasteiger partial charge in [0.25, 0.3) is 5.91 Å². The molecular formula is C24H25F3N4O2. The summed E-state index contributed by atoms with van der Waals surface area (Å²) < 4.78 is 45.6. The van der Waals surface area contributed by atoms with E-state index in [1.165, 1.54) is 6.07 Å². The quantitative estimate of drug-likeness (QED) is 0.631. The summed E-state index contributed by atoms with van der Waals surface area (Å²) in [5.74, 6) is 0.490. The van der Waals surface area contributed by atoms with E-state index in [0.29, 0.717) is 50.4 Å². The molecule has 1 aromatic carbocycles. The van der Waals surface area contributed by atoms with E-state index in [0.717, 1.165) is 36.0 Å². The third kappa shape index (κ3) is 4.42. The van der Waals surface area contributed by atoms with E-state index in [4.69, 9.17) is 9.72 Å². The Bertz CT molecular complexity index is 1150. The van der Waals surface area contributed by atoms with Gasteiger partial charge in [-0.2, -0.15) is 13.2 Å². The van der Waals surface area contributed by atoms with Gasteiger partial charge in [0.1, 0.15) is 11.5 Å². The van der Waals surface area contributed by atoms with Gasteiger partial charge in [-0.05, 0) is 48.6 Å². The van der Waals surface area contributed by atoms with Crippen LogP contribution in [0.2, 0.25) is 0 Å². The number of ether oxygens (including phenoxy) is 1. The lowest BCUT2D eigenvalue weighted by Crippen LogP contribution is -2.38. The lowest BCUT2D eigenvalue weighted by atomic mass is 9.86. The molecule has 2 fully saturated rings. The van der Waals surface area contributed by atoms with Crippen molar-refractivity contribution in [1.29, 1.82) is 0 Å². The van der Waals surface area contributed by atoms with Crippen molar-refractivity contribution < 1.29 is 22.7 Å². The number of rotatable bonds is 3. The average Bonchev–Trinajstić information content (AvgIpc) is 3.27. The standard InChI is InChI=1S/C24H25F3N4O2/c25-24(26,27)18-4-2-1-3-17(18)16-7-9-31(10-8-16)23(32)21-15-20-19(28-21)5-6-22(29-20)30-11-13-33-14-12-30/h1-6,15-16,28H,7-14H2. The molecule has 2 aromatic heterocycles. The predicted molar refractivity (Wildman–Crippen MR) is 118 cm³/mol. The van der Waals surface area contributed by atoms with Crippen LogP contribution in [0.4, 0.5) is 19.0 Å². The summed E-state index contributed by atoms with van der Waals surface area (Å²) in [4.78, 5) is 24.8. The Morgan fingerprint density at radius 1 is 1.03 bits per heavy atom. The SMILES string of the molecule is O=C(c1cc2nc(N3CCOCC3)ccc2[nH]1)N1CCC(c2ccccc2C(F)(F)F)CC1. The van der Waals surface area contributed by atoms with Crippen LogP contribution in [0, 0.1) is 0 Å². The molecule has 4 heterocycles. The number of H-pyrrole nitrogens is 1. The normalized spacial score (nSPS) is 18.2. The van der Waals surface area contributed by atoms with E-state index in [2.05, 4.69) is 9.88 Å². The average molecular weight is 458 g/mol. The monoisotopic (exact) mass is 458 g/mol. The molecule has 6 nitrogen and oxygen atoms in total. The van der Waals surface area contributed by atoms with Crippen molar-refractivity contribution in [3.8, 4) is 0 Å². The maximum absolute atomic E-state index is 13.4. The van der Waals surface area contributed by atoms with Crippen molar-refractivity contribution in [1.82, 2.24) is 14.9 Å². The predicted octanol–water partition coefficient (Wildman–Crippen LogP) is 4.44. The van der Waals surface area contributed by atoms with Crippen LogP contribution in [-0.4, -0.2) is 60.2 Å². The molecule has 2 saturated heterocycles. The van der Waals surface area contributed by atoms with Crippen LogP contribution in [0.25, 0.3) is 11.0 Å². The number of aromatic nitrogens is 2. The zero-order valence-corrected chi connectivity index (χ0v) is 18.1. The molecule has 33 heavy (non-hydrogen) atoms. The molecule has 174 valence electrons. The number of likely N-dealkylation sites (tertiary alicyclic amines) is 1. The van der Waals surface area contributed by atoms with Gasteiger partial charge in [0.05, 0.1) is 29.8 Å². The van der Waals surface area contributed by atoms with E-state index in [-0.39, 0.29) is 11.8 Å². The molecule has 1 amide bonds. The molecule has 0 unspecified atom stereocenters. The Hall–Kier alpha value is -3.07. The molecule has 0 saturated carbocycles. The Labute approximate surface area is 189 Å². The maximum atomic E-state index is 13.4. The van der Waals surface area contributed by atoms with Crippen LogP contribution in [0.15, 0.2) is 42.5 Å². The number of nitrogens with zero attached hydrogens (tertiary/aromatic N) is 3. The Morgan fingerprint density at radius 2 is 1.76 bits per heavy atom. The second-order valence-electron chi connectivity index (χ2n) is 8.54. The van der Waals surface area contributed by atoms with Gasteiger partial charge in [-0.3, -0.25) is 4.79 Å². The Balaban J connectivity index is 1.28. The largest absolute Gasteiger partial charge is 0.416 e. The van der Waals surface area contributed by atoms with Crippen LogP contribution < -0.4 is 4.90 Å². The number of aromatic amines is 1. The van der Waals surface area contributed by atoms with Crippen LogP contribution in [0.5, 0.6) is 0 Å². The van der Waals surface area contributed by atoms with Gasteiger partial charge in [-0.15, -0.1) is 0 Å². The van der Waals surface area contributed by atoms with Gasteiger partial charge in [0.15, 0.2) is 0 Å². The fourth-order valence-corrected chi connectivity index (χ4v) is 4.76. The molecule has 0 atom stereocenters. The van der Waals surface area contributed by atoms with Crippen molar-refractivity contribution in [2.45, 2.75) is 24.9 Å². The number of carbonyl (C=O) groups is 1. The van der Waals surface area contributed by atoms with E-state index in [1.807, 2.05) is 12.1 Å². The first-order valence-corrected chi connectivity index (χ1v) is 11.2. The van der Waals surface area contributed by atoms with Gasteiger partial charge in [-0.25, -0.2) is 4.98 Å². The number of fused-ring (bicyclic) bond motifs is 1. The third-order valence-corrected chi connectivity index (χ3v) is 6.51. The summed E-state index contributed by atoms with van der Waals surface area (Å²) in [6.07, 6.45) is -3.38. The number of hydrogen-bond donors (Lipinski definition) is 1. The van der Waals surface area contributed by atoms with Crippen molar-refractivity contribution in [2.75, 3.05) is 44.3 Å². The number of nitrogens with one attached hydrogen (secondary N) is 1. The number of alkyl halides is 3. The molecule has 0 spiro atoms. The molecule has 1 N–H and O–H groups in total. The highest BCUT2D eigenvalue weighted by Gasteiger charge is 2.36. The molecule has 3 aromatic rings. The van der Waals surface area contributed by atoms with E-state index in [1.54, 1.807) is 23.1 Å². The minimum Gasteiger partial charge on any atom is -0.378 e. The summed E-state index contributed by atoms with van der Waals surface area (Å²) in [7, 11) is 0. The lowest BCUT2D eigenvalue weighted by Gasteiger charge is -2.33. The molecule has 0 radical (unpaired) electrons. The van der Waals surface area contributed by atoms with Crippen LogP contribution in [0.3, 0.4) is 0 Å². The van der Waals surface area contributed by atoms with Crippen LogP contribution in [-0.2, 0) is 10.9 Å². The number of carbonyl (C=O) groups excluding carboxylic acids is 1. The first-order valence-electron chi connectivity index (χ1n) is 11.2. The first-order chi connectivity index (χ1) is 15.9. The van der Waals surface area contributed by atoms with E-state index >= 15 is 0 Å². The zero-order chi connectivity index (χ0) is 23.0. The summed E-state index contributed by atoms with van der Waals surface area (Å²) in [6, 6.07) is 11.4. The van der Waals surface area contributed by atoms with Gasteiger partial charge < -0.3 is 19.5 Å². The van der Waals surface area contributed by atoms with Gasteiger partial charge in [0, 0.05) is 26.2 Å². The topological polar surface area (TPSA) is 61.5 Å². The number of hydrogen-bond acceptors (Lipinski definition) is 4. The van der Waals surface area contributed by atoms with Crippen molar-refractivity contribution in [2.24, 2.45) is 0 Å². The number of amides is 1. The molecule has 9 heteroatoms. The van der Waals surface area contributed by atoms with E-state index < -0.39 is 11.7 Å². The summed E-state index contributed by atoms with van der Waals surface area (Å²) in [5, 5.41) is 0. The lowest BCUT2D eigenvalue weighted by molar-refractivity contribution is -0.138. The number of morpholine rings is 1. The highest BCUT2D eigenvalue weighted by Crippen LogP contribution is 2.38. The van der Waals surface area contributed by atoms with Gasteiger partial charge >= 0.3 is 6.18 Å².